The highest BCUT2D eigenvalue weighted by atomic mass is 35.5. The second kappa shape index (κ2) is 11.4. The van der Waals surface area contributed by atoms with Gasteiger partial charge in [0.15, 0.2) is 0 Å². The molecule has 0 aliphatic rings. The zero-order chi connectivity index (χ0) is 26.4. The van der Waals surface area contributed by atoms with E-state index >= 15 is 0 Å². The van der Waals surface area contributed by atoms with Crippen molar-refractivity contribution >= 4 is 17.5 Å². The molecule has 0 unspecified atom stereocenters. The Morgan fingerprint density at radius 1 is 1.03 bits per heavy atom. The van der Waals surface area contributed by atoms with E-state index in [0.717, 1.165) is 35.5 Å². The number of hydrogen-bond donors (Lipinski definition) is 2. The third-order valence-corrected chi connectivity index (χ3v) is 5.76. The van der Waals surface area contributed by atoms with Gasteiger partial charge in [-0.25, -0.2) is 9.97 Å². The van der Waals surface area contributed by atoms with E-state index in [9.17, 15) is 18.0 Å². The molecule has 7 nitrogen and oxygen atoms in total. The minimum absolute atomic E-state index is 0.205. The molecule has 0 saturated carbocycles. The fraction of sp³-hybridized carbons (Fsp3) is 0.231. The number of H-pyrrole nitrogens is 1. The van der Waals surface area contributed by atoms with E-state index in [1.54, 1.807) is 30.7 Å². The summed E-state index contributed by atoms with van der Waals surface area (Å²) >= 11 is 5.74. The number of benzene rings is 2. The minimum Gasteiger partial charge on any atom is -0.457 e. The average molecular weight is 530 g/mol. The van der Waals surface area contributed by atoms with Gasteiger partial charge in [-0.15, -0.1) is 0 Å². The van der Waals surface area contributed by atoms with E-state index in [1.165, 1.54) is 6.07 Å². The number of anilines is 1. The van der Waals surface area contributed by atoms with E-state index in [4.69, 9.17) is 16.3 Å². The maximum Gasteiger partial charge on any atom is 0.417 e. The van der Waals surface area contributed by atoms with E-state index < -0.39 is 16.8 Å². The molecule has 0 atom stereocenters. The number of hydrogen-bond acceptors (Lipinski definition) is 6. The van der Waals surface area contributed by atoms with Crippen LogP contribution in [0.5, 0.6) is 11.5 Å². The number of nitrogens with zero attached hydrogens (tertiary/aromatic N) is 3. The van der Waals surface area contributed by atoms with Gasteiger partial charge in [-0.05, 0) is 41.8 Å². The summed E-state index contributed by atoms with van der Waals surface area (Å²) in [6, 6.07) is 10.4. The Bertz CT molecular complexity index is 1410. The van der Waals surface area contributed by atoms with Crippen molar-refractivity contribution in [3.63, 3.8) is 0 Å². The Labute approximate surface area is 215 Å². The molecule has 2 aromatic heterocycles. The van der Waals surface area contributed by atoms with Crippen molar-refractivity contribution in [2.24, 2.45) is 0 Å². The first-order valence-electron chi connectivity index (χ1n) is 11.5. The summed E-state index contributed by atoms with van der Waals surface area (Å²) in [6.45, 7) is 2.49. The van der Waals surface area contributed by atoms with Crippen LogP contribution in [0.4, 0.5) is 19.1 Å². The normalized spacial score (nSPS) is 11.4. The van der Waals surface area contributed by atoms with E-state index in [1.807, 2.05) is 19.1 Å². The molecule has 0 spiro atoms. The van der Waals surface area contributed by atoms with Crippen molar-refractivity contribution in [1.29, 1.82) is 0 Å². The van der Waals surface area contributed by atoms with Crippen molar-refractivity contribution in [3.05, 3.63) is 105 Å². The Kier molecular flexibility index (Phi) is 8.08. The van der Waals surface area contributed by atoms with Gasteiger partial charge in [0.05, 0.1) is 10.6 Å². The average Bonchev–Trinajstić information content (AvgIpc) is 2.86. The number of alkyl halides is 3. The molecule has 0 bridgehead atoms. The fourth-order valence-corrected chi connectivity index (χ4v) is 3.77. The molecule has 0 amide bonds. The largest absolute Gasteiger partial charge is 0.457 e. The number of aryl methyl sites for hydroxylation is 1. The standard InChI is InChI=1S/C26H23ClF3N5O2/c1-2-23-32-13-17(14-33-23)11-18-15-34-25(35-24(18)36)31-10-9-16-3-5-19(6-4-16)37-20-7-8-21(22(27)12-20)26(28,29)30/h3-8,12-15H,2,9-11H2,1H3,(H2,31,34,35,36). The smallest absolute Gasteiger partial charge is 0.417 e. The summed E-state index contributed by atoms with van der Waals surface area (Å²) in [7, 11) is 0. The number of aromatic amines is 1. The lowest BCUT2D eigenvalue weighted by molar-refractivity contribution is -0.137. The zero-order valence-corrected chi connectivity index (χ0v) is 20.5. The molecule has 2 N–H and O–H groups in total. The van der Waals surface area contributed by atoms with Gasteiger partial charge in [-0.2, -0.15) is 18.2 Å². The first-order valence-corrected chi connectivity index (χ1v) is 11.8. The Balaban J connectivity index is 1.28. The third kappa shape index (κ3) is 7.07. The minimum atomic E-state index is -4.52. The van der Waals surface area contributed by atoms with Crippen LogP contribution in [0.3, 0.4) is 0 Å². The summed E-state index contributed by atoms with van der Waals surface area (Å²) in [4.78, 5) is 27.9. The molecule has 11 heteroatoms. The summed E-state index contributed by atoms with van der Waals surface area (Å²) in [6.07, 6.45) is 2.31. The van der Waals surface area contributed by atoms with Gasteiger partial charge in [0.1, 0.15) is 17.3 Å². The molecule has 4 rings (SSSR count). The molecule has 0 saturated heterocycles. The van der Waals surface area contributed by atoms with Crippen LogP contribution in [0.25, 0.3) is 0 Å². The number of halogens is 4. The van der Waals surface area contributed by atoms with Crippen molar-refractivity contribution in [3.8, 4) is 11.5 Å². The second-order valence-corrected chi connectivity index (χ2v) is 8.59. The molecule has 192 valence electrons. The highest BCUT2D eigenvalue weighted by molar-refractivity contribution is 6.31. The lowest BCUT2D eigenvalue weighted by Gasteiger charge is -2.11. The van der Waals surface area contributed by atoms with Crippen LogP contribution in [-0.4, -0.2) is 26.5 Å². The number of rotatable bonds is 9. The second-order valence-electron chi connectivity index (χ2n) is 8.18. The van der Waals surface area contributed by atoms with E-state index in [0.29, 0.717) is 36.6 Å². The van der Waals surface area contributed by atoms with Crippen LogP contribution in [0.15, 0.2) is 65.8 Å². The molecule has 0 fully saturated rings. The van der Waals surface area contributed by atoms with Gasteiger partial charge in [0, 0.05) is 49.6 Å². The van der Waals surface area contributed by atoms with Gasteiger partial charge in [0.25, 0.3) is 5.56 Å². The first-order chi connectivity index (χ1) is 17.7. The zero-order valence-electron chi connectivity index (χ0n) is 19.8. The van der Waals surface area contributed by atoms with Crippen LogP contribution in [0.1, 0.15) is 35.0 Å². The lowest BCUT2D eigenvalue weighted by Crippen LogP contribution is -2.18. The molecular weight excluding hydrogens is 507 g/mol. The molecule has 0 aliphatic carbocycles. The summed E-state index contributed by atoms with van der Waals surface area (Å²) in [5, 5.41) is 2.67. The molecule has 2 heterocycles. The molecule has 37 heavy (non-hydrogen) atoms. The fourth-order valence-electron chi connectivity index (χ4n) is 3.49. The first kappa shape index (κ1) is 26.2. The maximum atomic E-state index is 12.8. The number of ether oxygens (including phenoxy) is 1. The monoisotopic (exact) mass is 529 g/mol. The van der Waals surface area contributed by atoms with Gasteiger partial charge >= 0.3 is 6.18 Å². The highest BCUT2D eigenvalue weighted by Crippen LogP contribution is 2.37. The number of aromatic nitrogens is 4. The predicted octanol–water partition coefficient (Wildman–Crippen LogP) is 5.83. The summed E-state index contributed by atoms with van der Waals surface area (Å²) in [5.74, 6) is 1.78. The van der Waals surface area contributed by atoms with Crippen LogP contribution in [0.2, 0.25) is 5.02 Å². The van der Waals surface area contributed by atoms with Crippen molar-refractivity contribution in [1.82, 2.24) is 19.9 Å². The van der Waals surface area contributed by atoms with Crippen molar-refractivity contribution < 1.29 is 17.9 Å². The van der Waals surface area contributed by atoms with Crippen molar-refractivity contribution in [2.45, 2.75) is 32.4 Å². The molecule has 0 aliphatic heterocycles. The maximum absolute atomic E-state index is 12.8. The Morgan fingerprint density at radius 2 is 1.73 bits per heavy atom. The quantitative estimate of drug-likeness (QED) is 0.283. The number of nitrogens with one attached hydrogen (secondary N) is 2. The third-order valence-electron chi connectivity index (χ3n) is 5.45. The molecule has 4 aromatic rings. The van der Waals surface area contributed by atoms with Crippen molar-refractivity contribution in [2.75, 3.05) is 11.9 Å². The highest BCUT2D eigenvalue weighted by Gasteiger charge is 2.33. The van der Waals surface area contributed by atoms with E-state index in [2.05, 4.69) is 25.3 Å². The van der Waals surface area contributed by atoms with Gasteiger partial charge in [-0.3, -0.25) is 4.79 Å². The van der Waals surface area contributed by atoms with Gasteiger partial charge < -0.3 is 15.0 Å². The van der Waals surface area contributed by atoms with Crippen LogP contribution in [-0.2, 0) is 25.4 Å². The Hall–Kier alpha value is -3.92. The molecule has 2 aromatic carbocycles. The van der Waals surface area contributed by atoms with Gasteiger partial charge in [0.2, 0.25) is 5.95 Å². The van der Waals surface area contributed by atoms with Gasteiger partial charge in [-0.1, -0.05) is 30.7 Å². The SMILES string of the molecule is CCc1ncc(Cc2c[nH]c(NCCc3ccc(Oc4ccc(C(F)(F)F)c(Cl)c4)cc3)nc2=O)cn1. The molecule has 0 radical (unpaired) electrons. The summed E-state index contributed by atoms with van der Waals surface area (Å²) in [5.41, 5.74) is 1.10. The topological polar surface area (TPSA) is 92.8 Å². The molecular formula is C26H23ClF3N5O2. The summed E-state index contributed by atoms with van der Waals surface area (Å²) < 4.78 is 44.1. The van der Waals surface area contributed by atoms with E-state index in [-0.39, 0.29) is 11.3 Å². The van der Waals surface area contributed by atoms with Crippen LogP contribution in [0, 0.1) is 0 Å². The van der Waals surface area contributed by atoms with Crippen LogP contribution >= 0.6 is 11.6 Å². The Morgan fingerprint density at radius 3 is 2.35 bits per heavy atom. The van der Waals surface area contributed by atoms with Crippen LogP contribution < -0.4 is 15.6 Å². The lowest BCUT2D eigenvalue weighted by atomic mass is 10.1. The predicted molar refractivity (Wildman–Crippen MR) is 134 cm³/mol.